The van der Waals surface area contributed by atoms with Gasteiger partial charge in [-0.25, -0.2) is 0 Å². The fraction of sp³-hybridized carbons (Fsp3) is 0.300. The molecule has 0 saturated heterocycles. The maximum Gasteiger partial charge on any atom is 0.0317 e. The molecule has 1 heteroatoms. The summed E-state index contributed by atoms with van der Waals surface area (Å²) < 4.78 is 0. The standard InChI is InChI=1S/C20H23N/c1-15-13-18(12-11-16-7-4-3-5-8-16)20(15,2)17-9-6-10-19(21)14-17/h3-10,14,18H,1,11-13,21H2,2H3/t18-,20+/m0/s1. The van der Waals surface area contributed by atoms with Crippen molar-refractivity contribution in [2.24, 2.45) is 5.92 Å². The first-order valence-electron chi connectivity index (χ1n) is 7.69. The molecule has 2 aromatic carbocycles. The molecule has 2 N–H and O–H groups in total. The zero-order chi connectivity index (χ0) is 14.9. The van der Waals surface area contributed by atoms with Crippen molar-refractivity contribution in [2.45, 2.75) is 31.6 Å². The summed E-state index contributed by atoms with van der Waals surface area (Å²) >= 11 is 0. The zero-order valence-corrected chi connectivity index (χ0v) is 12.7. The van der Waals surface area contributed by atoms with E-state index in [4.69, 9.17) is 5.73 Å². The third-order valence-electron chi connectivity index (χ3n) is 5.15. The van der Waals surface area contributed by atoms with Gasteiger partial charge in [0, 0.05) is 11.1 Å². The average Bonchev–Trinajstić information content (AvgIpc) is 2.51. The number of anilines is 1. The number of benzene rings is 2. The fourth-order valence-corrected chi connectivity index (χ4v) is 3.55. The molecule has 0 amide bonds. The molecule has 2 atom stereocenters. The second-order valence-electron chi connectivity index (χ2n) is 6.36. The second kappa shape index (κ2) is 5.40. The van der Waals surface area contributed by atoms with Gasteiger partial charge < -0.3 is 5.73 Å². The maximum atomic E-state index is 5.96. The molecule has 0 spiro atoms. The van der Waals surface area contributed by atoms with Crippen LogP contribution in [0.25, 0.3) is 0 Å². The first-order chi connectivity index (χ1) is 10.1. The Morgan fingerprint density at radius 3 is 2.57 bits per heavy atom. The van der Waals surface area contributed by atoms with Crippen LogP contribution in [0.2, 0.25) is 0 Å². The summed E-state index contributed by atoms with van der Waals surface area (Å²) in [6, 6.07) is 19.0. The van der Waals surface area contributed by atoms with Crippen molar-refractivity contribution in [3.05, 3.63) is 77.9 Å². The highest BCUT2D eigenvalue weighted by Crippen LogP contribution is 2.54. The molecule has 0 radical (unpaired) electrons. The number of nitrogens with two attached hydrogens (primary N) is 1. The largest absolute Gasteiger partial charge is 0.399 e. The van der Waals surface area contributed by atoms with Crippen molar-refractivity contribution in [3.8, 4) is 0 Å². The third-order valence-corrected chi connectivity index (χ3v) is 5.15. The lowest BCUT2D eigenvalue weighted by Crippen LogP contribution is -2.44. The first-order valence-corrected chi connectivity index (χ1v) is 7.69. The molecule has 2 aromatic rings. The summed E-state index contributed by atoms with van der Waals surface area (Å²) in [5.41, 5.74) is 11.0. The van der Waals surface area contributed by atoms with Gasteiger partial charge in [-0.05, 0) is 48.4 Å². The Kier molecular flexibility index (Phi) is 3.59. The quantitative estimate of drug-likeness (QED) is 0.634. The van der Waals surface area contributed by atoms with Gasteiger partial charge >= 0.3 is 0 Å². The van der Waals surface area contributed by atoms with E-state index in [0.29, 0.717) is 5.92 Å². The topological polar surface area (TPSA) is 26.0 Å². The van der Waals surface area contributed by atoms with Crippen LogP contribution in [0.4, 0.5) is 5.69 Å². The third kappa shape index (κ3) is 2.49. The number of aryl methyl sites for hydroxylation is 1. The lowest BCUT2D eigenvalue weighted by molar-refractivity contribution is 0.223. The zero-order valence-electron chi connectivity index (χ0n) is 12.7. The minimum atomic E-state index is 0.0875. The van der Waals surface area contributed by atoms with Crippen LogP contribution in [0.5, 0.6) is 0 Å². The van der Waals surface area contributed by atoms with Gasteiger partial charge in [-0.15, -0.1) is 0 Å². The van der Waals surface area contributed by atoms with E-state index in [0.717, 1.165) is 18.5 Å². The number of hydrogen-bond acceptors (Lipinski definition) is 1. The molecule has 1 nitrogen and oxygen atoms in total. The highest BCUT2D eigenvalue weighted by Gasteiger charge is 2.46. The van der Waals surface area contributed by atoms with Crippen molar-refractivity contribution >= 4 is 5.69 Å². The van der Waals surface area contributed by atoms with Crippen LogP contribution < -0.4 is 5.73 Å². The highest BCUT2D eigenvalue weighted by atomic mass is 14.6. The van der Waals surface area contributed by atoms with Gasteiger partial charge in [0.15, 0.2) is 0 Å². The van der Waals surface area contributed by atoms with Crippen molar-refractivity contribution in [1.82, 2.24) is 0 Å². The summed E-state index contributed by atoms with van der Waals surface area (Å²) in [5, 5.41) is 0. The van der Waals surface area contributed by atoms with E-state index in [1.807, 2.05) is 6.07 Å². The minimum absolute atomic E-state index is 0.0875. The molecule has 0 aliphatic heterocycles. The summed E-state index contributed by atoms with van der Waals surface area (Å²) in [5.74, 6) is 0.659. The molecule has 0 heterocycles. The minimum Gasteiger partial charge on any atom is -0.399 e. The number of rotatable bonds is 4. The molecule has 108 valence electrons. The van der Waals surface area contributed by atoms with Gasteiger partial charge in [0.2, 0.25) is 0 Å². The van der Waals surface area contributed by atoms with Crippen LogP contribution in [0.3, 0.4) is 0 Å². The van der Waals surface area contributed by atoms with Crippen molar-refractivity contribution in [1.29, 1.82) is 0 Å². The lowest BCUT2D eigenvalue weighted by atomic mass is 9.53. The van der Waals surface area contributed by atoms with E-state index in [9.17, 15) is 0 Å². The Morgan fingerprint density at radius 1 is 1.14 bits per heavy atom. The van der Waals surface area contributed by atoms with Crippen molar-refractivity contribution in [3.63, 3.8) is 0 Å². The molecule has 1 aliphatic carbocycles. The van der Waals surface area contributed by atoms with Gasteiger partial charge in [0.1, 0.15) is 0 Å². The molecule has 1 saturated carbocycles. The summed E-state index contributed by atoms with van der Waals surface area (Å²) in [6.07, 6.45) is 3.48. The van der Waals surface area contributed by atoms with E-state index in [2.05, 4.69) is 62.0 Å². The normalized spacial score (nSPS) is 24.6. The maximum absolute atomic E-state index is 5.96. The molecular weight excluding hydrogens is 254 g/mol. The van der Waals surface area contributed by atoms with E-state index < -0.39 is 0 Å². The fourth-order valence-electron chi connectivity index (χ4n) is 3.55. The Balaban J connectivity index is 1.76. The van der Waals surface area contributed by atoms with Crippen LogP contribution in [-0.4, -0.2) is 0 Å². The van der Waals surface area contributed by atoms with Crippen LogP contribution in [0.15, 0.2) is 66.7 Å². The Hall–Kier alpha value is -2.02. The van der Waals surface area contributed by atoms with E-state index in [1.54, 1.807) is 0 Å². The second-order valence-corrected chi connectivity index (χ2v) is 6.36. The monoisotopic (exact) mass is 277 g/mol. The molecule has 0 aromatic heterocycles. The Bertz CT molecular complexity index is 644. The smallest absolute Gasteiger partial charge is 0.0317 e. The van der Waals surface area contributed by atoms with E-state index >= 15 is 0 Å². The van der Waals surface area contributed by atoms with Crippen LogP contribution in [-0.2, 0) is 11.8 Å². The van der Waals surface area contributed by atoms with E-state index in [-0.39, 0.29) is 5.41 Å². The number of nitrogen functional groups attached to an aromatic ring is 1. The Labute approximate surface area is 127 Å². The molecule has 1 fully saturated rings. The van der Waals surface area contributed by atoms with Crippen LogP contribution in [0.1, 0.15) is 30.9 Å². The van der Waals surface area contributed by atoms with Gasteiger partial charge in [0.25, 0.3) is 0 Å². The molecule has 0 bridgehead atoms. The van der Waals surface area contributed by atoms with Crippen LogP contribution in [0, 0.1) is 5.92 Å². The van der Waals surface area contributed by atoms with Crippen molar-refractivity contribution < 1.29 is 0 Å². The summed E-state index contributed by atoms with van der Waals surface area (Å²) in [4.78, 5) is 0. The van der Waals surface area contributed by atoms with E-state index in [1.165, 1.54) is 23.1 Å². The lowest BCUT2D eigenvalue weighted by Gasteiger charge is -2.50. The predicted molar refractivity (Wildman–Crippen MR) is 90.2 cm³/mol. The first kappa shape index (κ1) is 13.9. The van der Waals surface area contributed by atoms with Gasteiger partial charge in [-0.1, -0.05) is 61.5 Å². The highest BCUT2D eigenvalue weighted by molar-refractivity contribution is 5.49. The average molecular weight is 277 g/mol. The molecule has 0 unspecified atom stereocenters. The van der Waals surface area contributed by atoms with Gasteiger partial charge in [0.05, 0.1) is 0 Å². The van der Waals surface area contributed by atoms with Crippen LogP contribution >= 0.6 is 0 Å². The SMILES string of the molecule is C=C1C[C@H](CCc2ccccc2)[C@@]1(C)c1cccc(N)c1. The summed E-state index contributed by atoms with van der Waals surface area (Å²) in [6.45, 7) is 6.61. The predicted octanol–water partition coefficient (Wildman–Crippen LogP) is 4.74. The van der Waals surface area contributed by atoms with Gasteiger partial charge in [-0.3, -0.25) is 0 Å². The molecule has 21 heavy (non-hydrogen) atoms. The summed E-state index contributed by atoms with van der Waals surface area (Å²) in [7, 11) is 0. The van der Waals surface area contributed by atoms with Gasteiger partial charge in [-0.2, -0.15) is 0 Å². The molecular formula is C20H23N. The number of allylic oxidation sites excluding steroid dienone is 1. The van der Waals surface area contributed by atoms with Crippen molar-refractivity contribution in [2.75, 3.05) is 5.73 Å². The number of hydrogen-bond donors (Lipinski definition) is 1. The molecule has 1 aliphatic rings. The molecule has 3 rings (SSSR count). The Morgan fingerprint density at radius 2 is 1.90 bits per heavy atom.